The molecule has 2 aliphatic rings. The van der Waals surface area contributed by atoms with Gasteiger partial charge in [-0.15, -0.1) is 12.4 Å². The van der Waals surface area contributed by atoms with Crippen LogP contribution in [0, 0.1) is 19.8 Å². The molecule has 1 amide bonds. The Kier molecular flexibility index (Phi) is 7.19. The molecule has 0 unspecified atom stereocenters. The number of nitrogens with zero attached hydrogens (tertiary/aromatic N) is 2. The van der Waals surface area contributed by atoms with Gasteiger partial charge in [0, 0.05) is 19.1 Å². The number of piperidine rings is 1. The zero-order chi connectivity index (χ0) is 19.5. The van der Waals surface area contributed by atoms with Crippen molar-refractivity contribution in [3.63, 3.8) is 0 Å². The van der Waals surface area contributed by atoms with Crippen LogP contribution in [0.2, 0.25) is 0 Å². The Labute approximate surface area is 178 Å². The van der Waals surface area contributed by atoms with Gasteiger partial charge in [0.25, 0.3) is 5.91 Å². The summed E-state index contributed by atoms with van der Waals surface area (Å²) in [5.41, 5.74) is 2.38. The van der Waals surface area contributed by atoms with E-state index in [1.54, 1.807) is 0 Å². The maximum Gasteiger partial charge on any atom is 0.257 e. The standard InChI is InChI=1S/C22H29N3O3.ClH/c1-15-20(16(2)28-24-15)14-27-21-6-4-3-5-19(21)22(26)25-11-9-18(10-12-25)23-13-17-7-8-17;/h3-6,17-18,23H,7-14H2,1-2H3;1H. The maximum atomic E-state index is 13.1. The van der Waals surface area contributed by atoms with Gasteiger partial charge in [0.15, 0.2) is 0 Å². The highest BCUT2D eigenvalue weighted by atomic mass is 35.5. The van der Waals surface area contributed by atoms with Gasteiger partial charge in [-0.2, -0.15) is 0 Å². The molecule has 0 spiro atoms. The first-order valence-corrected chi connectivity index (χ1v) is 10.3. The number of likely N-dealkylation sites (tertiary alicyclic amines) is 1. The molecule has 1 aromatic carbocycles. The Hall–Kier alpha value is -2.05. The number of hydrogen-bond donors (Lipinski definition) is 1. The van der Waals surface area contributed by atoms with Gasteiger partial charge in [-0.1, -0.05) is 17.3 Å². The lowest BCUT2D eigenvalue weighted by Gasteiger charge is -2.33. The molecule has 2 aromatic rings. The van der Waals surface area contributed by atoms with Crippen molar-refractivity contribution in [2.45, 2.75) is 52.2 Å². The Morgan fingerprint density at radius 1 is 1.21 bits per heavy atom. The van der Waals surface area contributed by atoms with E-state index in [-0.39, 0.29) is 18.3 Å². The van der Waals surface area contributed by atoms with Crippen LogP contribution < -0.4 is 10.1 Å². The normalized spacial score (nSPS) is 17.1. The van der Waals surface area contributed by atoms with E-state index in [0.717, 1.165) is 55.4 Å². The van der Waals surface area contributed by atoms with E-state index in [1.165, 1.54) is 12.8 Å². The predicted molar refractivity (Wildman–Crippen MR) is 114 cm³/mol. The molecule has 1 aliphatic carbocycles. The van der Waals surface area contributed by atoms with Crippen molar-refractivity contribution in [2.24, 2.45) is 5.92 Å². The third kappa shape index (κ3) is 5.31. The summed E-state index contributed by atoms with van der Waals surface area (Å²) in [6.45, 7) is 6.83. The minimum atomic E-state index is 0. The first-order valence-electron chi connectivity index (χ1n) is 10.3. The number of amides is 1. The molecule has 1 aliphatic heterocycles. The average Bonchev–Trinajstić information content (AvgIpc) is 3.50. The number of halogens is 1. The minimum absolute atomic E-state index is 0. The van der Waals surface area contributed by atoms with Gasteiger partial charge in [0.05, 0.1) is 16.8 Å². The molecular weight excluding hydrogens is 390 g/mol. The highest BCUT2D eigenvalue weighted by Gasteiger charge is 2.27. The second-order valence-electron chi connectivity index (χ2n) is 8.01. The maximum absolute atomic E-state index is 13.1. The van der Waals surface area contributed by atoms with Crippen LogP contribution in [-0.2, 0) is 6.61 Å². The number of benzene rings is 1. The van der Waals surface area contributed by atoms with E-state index in [1.807, 2.05) is 43.0 Å². The van der Waals surface area contributed by atoms with Gasteiger partial charge in [0.2, 0.25) is 0 Å². The molecule has 1 N–H and O–H groups in total. The topological polar surface area (TPSA) is 67.6 Å². The highest BCUT2D eigenvalue weighted by Crippen LogP contribution is 2.28. The lowest BCUT2D eigenvalue weighted by Crippen LogP contribution is -2.45. The quantitative estimate of drug-likeness (QED) is 0.737. The van der Waals surface area contributed by atoms with Crippen LogP contribution >= 0.6 is 12.4 Å². The van der Waals surface area contributed by atoms with Crippen molar-refractivity contribution in [1.29, 1.82) is 0 Å². The number of para-hydroxylation sites is 1. The summed E-state index contributed by atoms with van der Waals surface area (Å²) in [5.74, 6) is 2.31. The van der Waals surface area contributed by atoms with Crippen molar-refractivity contribution in [3.05, 3.63) is 46.8 Å². The predicted octanol–water partition coefficient (Wildman–Crippen LogP) is 3.90. The monoisotopic (exact) mass is 419 g/mol. The fourth-order valence-corrected chi connectivity index (χ4v) is 3.74. The molecule has 1 saturated carbocycles. The Morgan fingerprint density at radius 2 is 1.93 bits per heavy atom. The first kappa shape index (κ1) is 21.7. The van der Waals surface area contributed by atoms with Gasteiger partial charge in [-0.3, -0.25) is 4.79 Å². The van der Waals surface area contributed by atoms with Gasteiger partial charge < -0.3 is 19.5 Å². The fourth-order valence-electron chi connectivity index (χ4n) is 3.74. The number of aromatic nitrogens is 1. The Bertz CT molecular complexity index is 807. The summed E-state index contributed by atoms with van der Waals surface area (Å²) in [6, 6.07) is 8.03. The molecule has 0 radical (unpaired) electrons. The Balaban J connectivity index is 0.00000240. The second kappa shape index (κ2) is 9.63. The number of rotatable bonds is 7. The fraction of sp³-hybridized carbons (Fsp3) is 0.545. The number of ether oxygens (including phenoxy) is 1. The zero-order valence-corrected chi connectivity index (χ0v) is 18.0. The first-order chi connectivity index (χ1) is 13.6. The van der Waals surface area contributed by atoms with Crippen LogP contribution in [0.15, 0.2) is 28.8 Å². The van der Waals surface area contributed by atoms with E-state index in [9.17, 15) is 4.79 Å². The summed E-state index contributed by atoms with van der Waals surface area (Å²) >= 11 is 0. The third-order valence-corrected chi connectivity index (χ3v) is 5.84. The van der Waals surface area contributed by atoms with Gasteiger partial charge in [0.1, 0.15) is 18.1 Å². The number of aryl methyl sites for hydroxylation is 2. The minimum Gasteiger partial charge on any atom is -0.488 e. The SMILES string of the molecule is Cc1noc(C)c1COc1ccccc1C(=O)N1CCC(NCC2CC2)CC1.Cl. The molecule has 2 fully saturated rings. The summed E-state index contributed by atoms with van der Waals surface area (Å²) in [5, 5.41) is 7.62. The lowest BCUT2D eigenvalue weighted by atomic mass is 10.0. The summed E-state index contributed by atoms with van der Waals surface area (Å²) < 4.78 is 11.2. The molecule has 29 heavy (non-hydrogen) atoms. The van der Waals surface area contributed by atoms with Gasteiger partial charge in [-0.05, 0) is 64.1 Å². The molecule has 7 heteroatoms. The largest absolute Gasteiger partial charge is 0.488 e. The van der Waals surface area contributed by atoms with E-state index in [2.05, 4.69) is 10.5 Å². The van der Waals surface area contributed by atoms with Gasteiger partial charge in [-0.25, -0.2) is 0 Å². The van der Waals surface area contributed by atoms with Crippen molar-refractivity contribution < 1.29 is 14.1 Å². The molecule has 6 nitrogen and oxygen atoms in total. The van der Waals surface area contributed by atoms with Crippen LogP contribution in [0.4, 0.5) is 0 Å². The van der Waals surface area contributed by atoms with Crippen molar-refractivity contribution >= 4 is 18.3 Å². The van der Waals surface area contributed by atoms with E-state index >= 15 is 0 Å². The molecule has 1 saturated heterocycles. The lowest BCUT2D eigenvalue weighted by molar-refractivity contribution is 0.0700. The van der Waals surface area contributed by atoms with Crippen LogP contribution in [0.5, 0.6) is 5.75 Å². The number of nitrogens with one attached hydrogen (secondary N) is 1. The second-order valence-corrected chi connectivity index (χ2v) is 8.01. The van der Waals surface area contributed by atoms with Crippen LogP contribution in [0.3, 0.4) is 0 Å². The molecule has 4 rings (SSSR count). The molecule has 1 aromatic heterocycles. The van der Waals surface area contributed by atoms with Crippen molar-refractivity contribution in [2.75, 3.05) is 19.6 Å². The number of carbonyl (C=O) groups excluding carboxylic acids is 1. The Morgan fingerprint density at radius 3 is 2.59 bits per heavy atom. The third-order valence-electron chi connectivity index (χ3n) is 5.84. The molecule has 0 bridgehead atoms. The van der Waals surface area contributed by atoms with Crippen LogP contribution in [-0.4, -0.2) is 41.6 Å². The van der Waals surface area contributed by atoms with Crippen LogP contribution in [0.1, 0.15) is 53.1 Å². The number of carbonyl (C=O) groups is 1. The smallest absolute Gasteiger partial charge is 0.257 e. The molecule has 2 heterocycles. The van der Waals surface area contributed by atoms with Crippen molar-refractivity contribution in [3.8, 4) is 5.75 Å². The number of hydrogen-bond acceptors (Lipinski definition) is 5. The van der Waals surface area contributed by atoms with Crippen LogP contribution in [0.25, 0.3) is 0 Å². The summed E-state index contributed by atoms with van der Waals surface area (Å²) in [6.07, 6.45) is 4.77. The van der Waals surface area contributed by atoms with E-state index < -0.39 is 0 Å². The summed E-state index contributed by atoms with van der Waals surface area (Å²) in [7, 11) is 0. The zero-order valence-electron chi connectivity index (χ0n) is 17.1. The van der Waals surface area contributed by atoms with Crippen molar-refractivity contribution in [1.82, 2.24) is 15.4 Å². The molecule has 0 atom stereocenters. The molecule has 158 valence electrons. The highest BCUT2D eigenvalue weighted by molar-refractivity contribution is 5.97. The average molecular weight is 420 g/mol. The van der Waals surface area contributed by atoms with E-state index in [4.69, 9.17) is 9.26 Å². The van der Waals surface area contributed by atoms with Gasteiger partial charge >= 0.3 is 0 Å². The summed E-state index contributed by atoms with van der Waals surface area (Å²) in [4.78, 5) is 15.0. The molecular formula is C22H30ClN3O3. The van der Waals surface area contributed by atoms with E-state index in [0.29, 0.717) is 24.0 Å².